The third-order valence-corrected chi connectivity index (χ3v) is 3.15. The molecule has 94 valence electrons. The molecule has 0 fully saturated rings. The van der Waals surface area contributed by atoms with Crippen LogP contribution in [0.3, 0.4) is 0 Å². The van der Waals surface area contributed by atoms with Crippen LogP contribution < -0.4 is 0 Å². The molecule has 0 aliphatic heterocycles. The Morgan fingerprint density at radius 1 is 1.00 bits per heavy atom. The van der Waals surface area contributed by atoms with Gasteiger partial charge < -0.3 is 5.11 Å². The Hall–Kier alpha value is -1.09. The van der Waals surface area contributed by atoms with Crippen LogP contribution in [0.15, 0.2) is 42.5 Å². The van der Waals surface area contributed by atoms with Crippen LogP contribution in [-0.2, 0) is 6.42 Å². The summed E-state index contributed by atoms with van der Waals surface area (Å²) in [5, 5.41) is 11.0. The largest absolute Gasteiger partial charge is 0.388 e. The minimum Gasteiger partial charge on any atom is -0.388 e. The van der Waals surface area contributed by atoms with Crippen molar-refractivity contribution in [2.45, 2.75) is 12.5 Å². The van der Waals surface area contributed by atoms with Crippen molar-refractivity contribution < 1.29 is 9.50 Å². The van der Waals surface area contributed by atoms with E-state index in [1.54, 1.807) is 24.3 Å². The van der Waals surface area contributed by atoms with Crippen LogP contribution in [-0.4, -0.2) is 5.11 Å². The molecule has 2 aromatic rings. The summed E-state index contributed by atoms with van der Waals surface area (Å²) in [6.45, 7) is 0. The van der Waals surface area contributed by atoms with Gasteiger partial charge >= 0.3 is 0 Å². The van der Waals surface area contributed by atoms with Crippen molar-refractivity contribution in [2.75, 3.05) is 0 Å². The van der Waals surface area contributed by atoms with Gasteiger partial charge in [-0.25, -0.2) is 4.39 Å². The van der Waals surface area contributed by atoms with Gasteiger partial charge in [-0.05, 0) is 35.9 Å². The fourth-order valence-corrected chi connectivity index (χ4v) is 2.03. The van der Waals surface area contributed by atoms with Gasteiger partial charge in [0.2, 0.25) is 0 Å². The molecule has 4 heteroatoms. The lowest BCUT2D eigenvalue weighted by Gasteiger charge is -2.12. The summed E-state index contributed by atoms with van der Waals surface area (Å²) >= 11 is 11.6. The van der Waals surface area contributed by atoms with E-state index < -0.39 is 11.9 Å². The second-order valence-electron chi connectivity index (χ2n) is 4.01. The first-order valence-electron chi connectivity index (χ1n) is 5.44. The minimum absolute atomic E-state index is 0.206. The molecule has 1 unspecified atom stereocenters. The number of hydrogen-bond acceptors (Lipinski definition) is 1. The zero-order valence-corrected chi connectivity index (χ0v) is 10.9. The average molecular weight is 285 g/mol. The van der Waals surface area contributed by atoms with Crippen LogP contribution in [0, 0.1) is 5.82 Å². The van der Waals surface area contributed by atoms with Crippen molar-refractivity contribution in [2.24, 2.45) is 0 Å². The Morgan fingerprint density at radius 2 is 1.61 bits per heavy atom. The number of benzene rings is 2. The second kappa shape index (κ2) is 5.70. The molecular formula is C14H11Cl2FO. The van der Waals surface area contributed by atoms with Crippen LogP contribution in [0.2, 0.25) is 10.0 Å². The SMILES string of the molecule is OC(Cc1ccc(Cl)cc1)c1cc(Cl)ccc1F. The van der Waals surface area contributed by atoms with E-state index in [2.05, 4.69) is 0 Å². The van der Waals surface area contributed by atoms with Crippen molar-refractivity contribution in [3.63, 3.8) is 0 Å². The first kappa shape index (κ1) is 13.3. The maximum Gasteiger partial charge on any atom is 0.129 e. The van der Waals surface area contributed by atoms with Crippen LogP contribution in [0.1, 0.15) is 17.2 Å². The molecule has 2 rings (SSSR count). The van der Waals surface area contributed by atoms with E-state index in [9.17, 15) is 9.50 Å². The van der Waals surface area contributed by atoms with E-state index in [-0.39, 0.29) is 5.56 Å². The summed E-state index contributed by atoms with van der Waals surface area (Å²) in [5.74, 6) is -0.458. The Kier molecular flexibility index (Phi) is 4.23. The van der Waals surface area contributed by atoms with Gasteiger partial charge in [0.25, 0.3) is 0 Å². The molecule has 0 radical (unpaired) electrons. The zero-order valence-electron chi connectivity index (χ0n) is 9.41. The van der Waals surface area contributed by atoms with Crippen molar-refractivity contribution in [3.8, 4) is 0 Å². The Balaban J connectivity index is 2.18. The fraction of sp³-hybridized carbons (Fsp3) is 0.143. The van der Waals surface area contributed by atoms with Gasteiger partial charge in [0.1, 0.15) is 5.82 Å². The summed E-state index contributed by atoms with van der Waals surface area (Å²) < 4.78 is 13.5. The molecule has 0 saturated heterocycles. The standard InChI is InChI=1S/C14H11Cl2FO/c15-10-3-1-9(2-4-10)7-14(18)12-8-11(16)5-6-13(12)17/h1-6,8,14,18H,7H2. The maximum atomic E-state index is 13.5. The Labute approximate surface area is 115 Å². The molecular weight excluding hydrogens is 274 g/mol. The zero-order chi connectivity index (χ0) is 13.1. The fourth-order valence-electron chi connectivity index (χ4n) is 1.72. The van der Waals surface area contributed by atoms with Crippen molar-refractivity contribution in [3.05, 3.63) is 69.5 Å². The third kappa shape index (κ3) is 3.22. The van der Waals surface area contributed by atoms with Gasteiger partial charge in [-0.1, -0.05) is 35.3 Å². The number of halogens is 3. The predicted octanol–water partition coefficient (Wildman–Crippen LogP) is 4.41. The van der Waals surface area contributed by atoms with E-state index >= 15 is 0 Å². The summed E-state index contributed by atoms with van der Waals surface area (Å²) in [5.41, 5.74) is 1.09. The lowest BCUT2D eigenvalue weighted by molar-refractivity contribution is 0.173. The molecule has 18 heavy (non-hydrogen) atoms. The van der Waals surface area contributed by atoms with Crippen LogP contribution in [0.25, 0.3) is 0 Å². The normalized spacial score (nSPS) is 12.4. The van der Waals surface area contributed by atoms with Crippen LogP contribution >= 0.6 is 23.2 Å². The van der Waals surface area contributed by atoms with Crippen molar-refractivity contribution >= 4 is 23.2 Å². The van der Waals surface area contributed by atoms with Gasteiger partial charge in [0.05, 0.1) is 6.10 Å². The molecule has 1 nitrogen and oxygen atoms in total. The highest BCUT2D eigenvalue weighted by atomic mass is 35.5. The second-order valence-corrected chi connectivity index (χ2v) is 4.89. The molecule has 1 N–H and O–H groups in total. The molecule has 0 aliphatic carbocycles. The predicted molar refractivity (Wildman–Crippen MR) is 71.5 cm³/mol. The summed E-state index contributed by atoms with van der Waals surface area (Å²) in [4.78, 5) is 0. The van der Waals surface area contributed by atoms with E-state index in [0.29, 0.717) is 16.5 Å². The maximum absolute atomic E-state index is 13.5. The van der Waals surface area contributed by atoms with Crippen molar-refractivity contribution in [1.29, 1.82) is 0 Å². The van der Waals surface area contributed by atoms with Crippen LogP contribution in [0.4, 0.5) is 4.39 Å². The molecule has 0 saturated carbocycles. The monoisotopic (exact) mass is 284 g/mol. The number of hydrogen-bond donors (Lipinski definition) is 1. The first-order valence-corrected chi connectivity index (χ1v) is 6.19. The van der Waals surface area contributed by atoms with Gasteiger partial charge in [0, 0.05) is 22.0 Å². The summed E-state index contributed by atoms with van der Waals surface area (Å²) in [6.07, 6.45) is -0.612. The summed E-state index contributed by atoms with van der Waals surface area (Å²) in [7, 11) is 0. The lowest BCUT2D eigenvalue weighted by Crippen LogP contribution is -2.04. The quantitative estimate of drug-likeness (QED) is 0.885. The average Bonchev–Trinajstić information content (AvgIpc) is 2.35. The van der Waals surface area contributed by atoms with Gasteiger partial charge in [0.15, 0.2) is 0 Å². The number of rotatable bonds is 3. The molecule has 0 aromatic heterocycles. The molecule has 2 aromatic carbocycles. The molecule has 1 atom stereocenters. The summed E-state index contributed by atoms with van der Waals surface area (Å²) in [6, 6.07) is 11.2. The Morgan fingerprint density at radius 3 is 2.28 bits per heavy atom. The number of aliphatic hydroxyl groups is 1. The van der Waals surface area contributed by atoms with E-state index in [4.69, 9.17) is 23.2 Å². The molecule has 0 heterocycles. The first-order chi connectivity index (χ1) is 8.56. The van der Waals surface area contributed by atoms with E-state index in [1.165, 1.54) is 18.2 Å². The van der Waals surface area contributed by atoms with Crippen molar-refractivity contribution in [1.82, 2.24) is 0 Å². The van der Waals surface area contributed by atoms with E-state index in [1.807, 2.05) is 0 Å². The molecule has 0 bridgehead atoms. The lowest BCUT2D eigenvalue weighted by atomic mass is 10.0. The molecule has 0 aliphatic rings. The van der Waals surface area contributed by atoms with Crippen LogP contribution in [0.5, 0.6) is 0 Å². The van der Waals surface area contributed by atoms with Gasteiger partial charge in [-0.15, -0.1) is 0 Å². The highest BCUT2D eigenvalue weighted by Crippen LogP contribution is 2.24. The molecule has 0 spiro atoms. The Bertz CT molecular complexity index is 540. The van der Waals surface area contributed by atoms with Gasteiger partial charge in [-0.2, -0.15) is 0 Å². The third-order valence-electron chi connectivity index (χ3n) is 2.66. The van der Waals surface area contributed by atoms with Gasteiger partial charge in [-0.3, -0.25) is 0 Å². The highest BCUT2D eigenvalue weighted by molar-refractivity contribution is 6.30. The number of aliphatic hydroxyl groups excluding tert-OH is 1. The molecule has 0 amide bonds. The topological polar surface area (TPSA) is 20.2 Å². The van der Waals surface area contributed by atoms with E-state index in [0.717, 1.165) is 5.56 Å². The highest BCUT2D eigenvalue weighted by Gasteiger charge is 2.14. The minimum atomic E-state index is -0.926. The smallest absolute Gasteiger partial charge is 0.129 e.